The van der Waals surface area contributed by atoms with Crippen molar-refractivity contribution in [1.29, 1.82) is 0 Å². The minimum atomic E-state index is -0.0375. The molecule has 0 radical (unpaired) electrons. The molecule has 3 rings (SSSR count). The zero-order valence-electron chi connectivity index (χ0n) is 13.7. The largest absolute Gasteiger partial charge is 0.349 e. The lowest BCUT2D eigenvalue weighted by molar-refractivity contribution is -0.128. The van der Waals surface area contributed by atoms with Gasteiger partial charge in [-0.15, -0.1) is 11.3 Å². The quantitative estimate of drug-likeness (QED) is 0.717. The monoisotopic (exact) mass is 341 g/mol. The van der Waals surface area contributed by atoms with E-state index in [0.29, 0.717) is 24.1 Å². The number of aromatic nitrogens is 2. The van der Waals surface area contributed by atoms with Gasteiger partial charge in [0.15, 0.2) is 0 Å². The minimum absolute atomic E-state index is 0.0375. The van der Waals surface area contributed by atoms with Gasteiger partial charge in [-0.3, -0.25) is 14.2 Å². The van der Waals surface area contributed by atoms with E-state index >= 15 is 0 Å². The Balaban J connectivity index is 1.83. The summed E-state index contributed by atoms with van der Waals surface area (Å²) >= 11 is 1.46. The molecule has 0 atom stereocenters. The van der Waals surface area contributed by atoms with Gasteiger partial charge in [0.05, 0.1) is 11.8 Å². The van der Waals surface area contributed by atoms with E-state index in [0.717, 1.165) is 16.0 Å². The van der Waals surface area contributed by atoms with E-state index in [9.17, 15) is 9.59 Å². The molecule has 2 heterocycles. The highest BCUT2D eigenvalue weighted by atomic mass is 32.1. The van der Waals surface area contributed by atoms with Crippen molar-refractivity contribution in [2.75, 3.05) is 14.1 Å². The van der Waals surface area contributed by atoms with Crippen LogP contribution in [0.15, 0.2) is 47.5 Å². The summed E-state index contributed by atoms with van der Waals surface area (Å²) < 4.78 is 2.26. The summed E-state index contributed by atoms with van der Waals surface area (Å²) in [5, 5.41) is 0. The standard InChI is InChI=1S/C18H19N3O2S/c1-20(2)16(22)9-6-10-21-12-19-14-11-15(24-17(14)18(21)23)13-7-4-3-5-8-13/h3-5,7-8,11-12H,6,9-10H2,1-2H3. The fourth-order valence-corrected chi connectivity index (χ4v) is 3.54. The maximum atomic E-state index is 12.6. The number of fused-ring (bicyclic) bond motifs is 1. The van der Waals surface area contributed by atoms with Gasteiger partial charge in [0.25, 0.3) is 5.56 Å². The highest BCUT2D eigenvalue weighted by Crippen LogP contribution is 2.30. The molecule has 124 valence electrons. The lowest BCUT2D eigenvalue weighted by Gasteiger charge is -2.10. The summed E-state index contributed by atoms with van der Waals surface area (Å²) in [6.45, 7) is 0.500. The Morgan fingerprint density at radius 3 is 2.71 bits per heavy atom. The van der Waals surface area contributed by atoms with E-state index in [4.69, 9.17) is 0 Å². The first kappa shape index (κ1) is 16.4. The first-order chi connectivity index (χ1) is 11.6. The third-order valence-electron chi connectivity index (χ3n) is 3.85. The van der Waals surface area contributed by atoms with Crippen LogP contribution < -0.4 is 5.56 Å². The Bertz CT molecular complexity index is 913. The van der Waals surface area contributed by atoms with Crippen molar-refractivity contribution in [3.63, 3.8) is 0 Å². The summed E-state index contributed by atoms with van der Waals surface area (Å²) in [7, 11) is 3.47. The van der Waals surface area contributed by atoms with Crippen molar-refractivity contribution in [2.24, 2.45) is 0 Å². The topological polar surface area (TPSA) is 55.2 Å². The molecule has 0 aliphatic carbocycles. The normalized spacial score (nSPS) is 10.9. The molecule has 1 amide bonds. The number of hydrogen-bond donors (Lipinski definition) is 0. The summed E-state index contributed by atoms with van der Waals surface area (Å²) in [5.41, 5.74) is 1.77. The number of aryl methyl sites for hydroxylation is 1. The molecular weight excluding hydrogens is 322 g/mol. The molecule has 0 saturated carbocycles. The van der Waals surface area contributed by atoms with Crippen molar-refractivity contribution in [3.05, 3.63) is 53.1 Å². The molecule has 0 bridgehead atoms. The summed E-state index contributed by atoms with van der Waals surface area (Å²) in [6, 6.07) is 11.9. The van der Waals surface area contributed by atoms with Crippen molar-refractivity contribution in [2.45, 2.75) is 19.4 Å². The van der Waals surface area contributed by atoms with Gasteiger partial charge in [0.2, 0.25) is 5.91 Å². The molecule has 0 unspecified atom stereocenters. The van der Waals surface area contributed by atoms with Crippen LogP contribution in [-0.4, -0.2) is 34.5 Å². The number of benzene rings is 1. The second-order valence-electron chi connectivity index (χ2n) is 5.83. The van der Waals surface area contributed by atoms with Crippen molar-refractivity contribution in [3.8, 4) is 10.4 Å². The molecule has 1 aromatic carbocycles. The van der Waals surface area contributed by atoms with Gasteiger partial charge >= 0.3 is 0 Å². The number of nitrogens with zero attached hydrogens (tertiary/aromatic N) is 3. The first-order valence-electron chi connectivity index (χ1n) is 7.81. The lowest BCUT2D eigenvalue weighted by atomic mass is 10.2. The second kappa shape index (κ2) is 6.97. The number of carbonyl (C=O) groups is 1. The van der Waals surface area contributed by atoms with Crippen LogP contribution in [0.4, 0.5) is 0 Å². The number of thiophene rings is 1. The average Bonchev–Trinajstić information content (AvgIpc) is 3.02. The number of amides is 1. The van der Waals surface area contributed by atoms with Gasteiger partial charge in [-0.2, -0.15) is 0 Å². The van der Waals surface area contributed by atoms with Crippen LogP contribution in [0.5, 0.6) is 0 Å². The van der Waals surface area contributed by atoms with Crippen LogP contribution in [-0.2, 0) is 11.3 Å². The molecule has 0 fully saturated rings. The molecular formula is C18H19N3O2S. The number of carbonyl (C=O) groups excluding carboxylic acids is 1. The van der Waals surface area contributed by atoms with Crippen LogP contribution in [0, 0.1) is 0 Å². The smallest absolute Gasteiger partial charge is 0.271 e. The molecule has 0 aliphatic heterocycles. The third kappa shape index (κ3) is 3.38. The van der Waals surface area contributed by atoms with E-state index < -0.39 is 0 Å². The number of hydrogen-bond acceptors (Lipinski definition) is 4. The van der Waals surface area contributed by atoms with Crippen LogP contribution >= 0.6 is 11.3 Å². The van der Waals surface area contributed by atoms with E-state index in [-0.39, 0.29) is 11.5 Å². The molecule has 0 saturated heterocycles. The first-order valence-corrected chi connectivity index (χ1v) is 8.62. The fourth-order valence-electron chi connectivity index (χ4n) is 2.47. The maximum Gasteiger partial charge on any atom is 0.271 e. The van der Waals surface area contributed by atoms with Crippen LogP contribution in [0.2, 0.25) is 0 Å². The molecule has 2 aromatic heterocycles. The van der Waals surface area contributed by atoms with Gasteiger partial charge in [-0.1, -0.05) is 30.3 Å². The maximum absolute atomic E-state index is 12.6. The third-order valence-corrected chi connectivity index (χ3v) is 5.01. The molecule has 0 aliphatic rings. The Kier molecular flexibility index (Phi) is 4.76. The van der Waals surface area contributed by atoms with E-state index in [2.05, 4.69) is 4.98 Å². The van der Waals surface area contributed by atoms with Crippen LogP contribution in [0.1, 0.15) is 12.8 Å². The molecule has 0 spiro atoms. The second-order valence-corrected chi connectivity index (χ2v) is 6.88. The molecule has 3 aromatic rings. The van der Waals surface area contributed by atoms with Crippen molar-refractivity contribution >= 4 is 27.5 Å². The zero-order chi connectivity index (χ0) is 17.1. The summed E-state index contributed by atoms with van der Waals surface area (Å²) in [5.74, 6) is 0.0690. The Hall–Kier alpha value is -2.47. The molecule has 0 N–H and O–H groups in total. The predicted octanol–water partition coefficient (Wildman–Crippen LogP) is 2.99. The Labute approximate surface area is 144 Å². The fraction of sp³-hybridized carbons (Fsp3) is 0.278. The molecule has 5 nitrogen and oxygen atoms in total. The van der Waals surface area contributed by atoms with Gasteiger partial charge < -0.3 is 4.90 Å². The highest BCUT2D eigenvalue weighted by molar-refractivity contribution is 7.22. The summed E-state index contributed by atoms with van der Waals surface area (Å²) in [4.78, 5) is 31.2. The lowest BCUT2D eigenvalue weighted by Crippen LogP contribution is -2.23. The van der Waals surface area contributed by atoms with Crippen LogP contribution in [0.25, 0.3) is 20.7 Å². The predicted molar refractivity (Wildman–Crippen MR) is 97.2 cm³/mol. The molecule has 6 heteroatoms. The van der Waals surface area contributed by atoms with E-state index in [1.807, 2.05) is 36.4 Å². The van der Waals surface area contributed by atoms with Gasteiger partial charge in [0.1, 0.15) is 4.70 Å². The molecule has 24 heavy (non-hydrogen) atoms. The van der Waals surface area contributed by atoms with Gasteiger partial charge in [-0.25, -0.2) is 4.98 Å². The van der Waals surface area contributed by atoms with E-state index in [1.54, 1.807) is 29.9 Å². The van der Waals surface area contributed by atoms with Crippen LogP contribution in [0.3, 0.4) is 0 Å². The zero-order valence-corrected chi connectivity index (χ0v) is 14.5. The average molecular weight is 341 g/mol. The Morgan fingerprint density at radius 1 is 1.25 bits per heavy atom. The minimum Gasteiger partial charge on any atom is -0.349 e. The van der Waals surface area contributed by atoms with Gasteiger partial charge in [-0.05, 0) is 18.1 Å². The van der Waals surface area contributed by atoms with Gasteiger partial charge in [0, 0.05) is 31.9 Å². The summed E-state index contributed by atoms with van der Waals surface area (Å²) in [6.07, 6.45) is 2.63. The van der Waals surface area contributed by atoms with E-state index in [1.165, 1.54) is 11.3 Å². The van der Waals surface area contributed by atoms with Crippen molar-refractivity contribution < 1.29 is 4.79 Å². The highest BCUT2D eigenvalue weighted by Gasteiger charge is 2.11. The van der Waals surface area contributed by atoms with Crippen molar-refractivity contribution in [1.82, 2.24) is 14.5 Å². The number of rotatable bonds is 5. The SMILES string of the molecule is CN(C)C(=O)CCCn1cnc2cc(-c3ccccc3)sc2c1=O. The Morgan fingerprint density at radius 2 is 2.00 bits per heavy atom.